The highest BCUT2D eigenvalue weighted by Crippen LogP contribution is 2.50. The summed E-state index contributed by atoms with van der Waals surface area (Å²) in [6.07, 6.45) is 0.0933. The minimum absolute atomic E-state index is 0.312. The Bertz CT molecular complexity index is 1650. The number of benzene rings is 3. The number of anilines is 4. The number of carbonyl (C=O) groups is 1. The Labute approximate surface area is 243 Å². The molecule has 2 heterocycles. The Hall–Kier alpha value is -4.25. The Morgan fingerprint density at radius 3 is 2.55 bits per heavy atom. The number of nitrogens with one attached hydrogen (secondary N) is 4. The van der Waals surface area contributed by atoms with Crippen LogP contribution in [0.2, 0.25) is 0 Å². The van der Waals surface area contributed by atoms with Crippen LogP contribution >= 0.6 is 0 Å². The molecule has 3 aromatic carbocycles. The van der Waals surface area contributed by atoms with Gasteiger partial charge < -0.3 is 16.0 Å². The topological polar surface area (TPSA) is 103 Å². The van der Waals surface area contributed by atoms with E-state index < -0.39 is 27.8 Å². The van der Waals surface area contributed by atoms with Crippen LogP contribution in [0.1, 0.15) is 36.8 Å². The highest BCUT2D eigenvalue weighted by atomic mass is 32.2. The van der Waals surface area contributed by atoms with Crippen LogP contribution in [0.3, 0.4) is 0 Å². The van der Waals surface area contributed by atoms with Gasteiger partial charge >= 0.3 is 6.18 Å². The van der Waals surface area contributed by atoms with Gasteiger partial charge in [-0.2, -0.15) is 18.2 Å². The summed E-state index contributed by atoms with van der Waals surface area (Å²) in [5.41, 5.74) is 1.71. The van der Waals surface area contributed by atoms with Crippen LogP contribution in [0.15, 0.2) is 83.9 Å². The van der Waals surface area contributed by atoms with E-state index in [-0.39, 0.29) is 5.91 Å². The van der Waals surface area contributed by atoms with E-state index in [1.54, 1.807) is 24.4 Å². The van der Waals surface area contributed by atoms with Crippen molar-refractivity contribution in [1.29, 1.82) is 4.78 Å². The normalized spacial score (nSPS) is 17.8. The molecule has 2 aliphatic rings. The van der Waals surface area contributed by atoms with Crippen molar-refractivity contribution in [2.24, 2.45) is 0 Å². The molecule has 1 saturated carbocycles. The maximum Gasteiger partial charge on any atom is 0.416 e. The maximum atomic E-state index is 13.2. The zero-order valence-electron chi connectivity index (χ0n) is 22.6. The molecular weight excluding hydrogens is 561 g/mol. The lowest BCUT2D eigenvalue weighted by molar-refractivity contribution is -0.137. The SMILES string of the molecule is N=S1CCCCNc2nc(ncc2-c2ccc(NC(=O)C3(c4cccc(C(F)(F)F)c4)CC3)cc2)Nc2cccc1c2. The van der Waals surface area contributed by atoms with Gasteiger partial charge in [-0.3, -0.25) is 9.57 Å². The quantitative estimate of drug-likeness (QED) is 0.197. The summed E-state index contributed by atoms with van der Waals surface area (Å²) in [5.74, 6) is 1.60. The first kappa shape index (κ1) is 27.9. The maximum absolute atomic E-state index is 13.2. The third-order valence-electron chi connectivity index (χ3n) is 7.61. The fourth-order valence-electron chi connectivity index (χ4n) is 5.09. The molecule has 1 aliphatic heterocycles. The monoisotopic (exact) mass is 590 g/mol. The van der Waals surface area contributed by atoms with Crippen LogP contribution in [0, 0.1) is 4.78 Å². The molecule has 0 spiro atoms. The molecule has 0 radical (unpaired) electrons. The predicted octanol–water partition coefficient (Wildman–Crippen LogP) is 7.52. The number of carbonyl (C=O) groups excluding carboxylic acids is 1. The van der Waals surface area contributed by atoms with Crippen molar-refractivity contribution in [1.82, 2.24) is 9.97 Å². The second-order valence-electron chi connectivity index (χ2n) is 10.5. The Morgan fingerprint density at radius 1 is 1.00 bits per heavy atom. The molecular formula is C31H29F3N6OS. The standard InChI is InChI=1S/C31H29F3N6OS/c32-31(33,34)22-6-3-5-21(17-22)30(13-14-30)28(41)38-23-11-9-20(10-12-23)26-19-37-29-39-24-7-4-8-25(18-24)42(35)16-2-1-15-36-27(26)40-29/h3-12,17-19,35H,1-2,13-16H2,(H,38,41)(H2,36,37,39,40). The molecule has 1 aliphatic carbocycles. The molecule has 11 heteroatoms. The molecule has 4 aromatic rings. The van der Waals surface area contributed by atoms with E-state index in [2.05, 4.69) is 20.9 Å². The molecule has 42 heavy (non-hydrogen) atoms. The van der Waals surface area contributed by atoms with E-state index in [0.717, 1.165) is 52.4 Å². The minimum Gasteiger partial charge on any atom is -0.369 e. The van der Waals surface area contributed by atoms with Gasteiger partial charge in [0.05, 0.1) is 11.0 Å². The van der Waals surface area contributed by atoms with Crippen molar-refractivity contribution < 1.29 is 18.0 Å². The lowest BCUT2D eigenvalue weighted by atomic mass is 9.93. The average Bonchev–Trinajstić information content (AvgIpc) is 3.79. The number of hydrogen-bond acceptors (Lipinski definition) is 6. The van der Waals surface area contributed by atoms with Crippen LogP contribution in [0.25, 0.3) is 11.1 Å². The molecule has 1 amide bonds. The van der Waals surface area contributed by atoms with E-state index in [1.807, 2.05) is 36.4 Å². The number of alkyl halides is 3. The summed E-state index contributed by atoms with van der Waals surface area (Å²) in [7, 11) is -0.581. The van der Waals surface area contributed by atoms with Crippen LogP contribution in [0.4, 0.5) is 36.3 Å². The van der Waals surface area contributed by atoms with Gasteiger partial charge in [-0.05, 0) is 73.2 Å². The van der Waals surface area contributed by atoms with Crippen molar-refractivity contribution in [3.05, 3.63) is 90.1 Å². The molecule has 1 aromatic heterocycles. The third-order valence-corrected chi connectivity index (χ3v) is 9.13. The fourth-order valence-corrected chi connectivity index (χ4v) is 6.33. The zero-order chi connectivity index (χ0) is 29.3. The van der Waals surface area contributed by atoms with E-state index in [9.17, 15) is 18.0 Å². The van der Waals surface area contributed by atoms with Crippen LogP contribution < -0.4 is 16.0 Å². The summed E-state index contributed by atoms with van der Waals surface area (Å²) in [4.78, 5) is 23.4. The summed E-state index contributed by atoms with van der Waals surface area (Å²) >= 11 is 0. The second-order valence-corrected chi connectivity index (χ2v) is 12.2. The number of hydrogen-bond donors (Lipinski definition) is 4. The van der Waals surface area contributed by atoms with E-state index in [0.29, 0.717) is 42.4 Å². The largest absolute Gasteiger partial charge is 0.416 e. The van der Waals surface area contributed by atoms with Gasteiger partial charge in [0.15, 0.2) is 0 Å². The Balaban J connectivity index is 1.21. The lowest BCUT2D eigenvalue weighted by Gasteiger charge is -2.18. The van der Waals surface area contributed by atoms with Crippen LogP contribution in [-0.4, -0.2) is 28.2 Å². The number of aromatic nitrogens is 2. The number of amides is 1. The van der Waals surface area contributed by atoms with Gasteiger partial charge in [0.1, 0.15) is 5.82 Å². The van der Waals surface area contributed by atoms with Gasteiger partial charge in [0.2, 0.25) is 11.9 Å². The Kier molecular flexibility index (Phi) is 7.44. The van der Waals surface area contributed by atoms with Crippen LogP contribution in [-0.2, 0) is 27.1 Å². The van der Waals surface area contributed by atoms with Crippen molar-refractivity contribution in [3.8, 4) is 11.1 Å². The number of halogens is 3. The molecule has 1 atom stereocenters. The van der Waals surface area contributed by atoms with Crippen molar-refractivity contribution >= 4 is 39.7 Å². The van der Waals surface area contributed by atoms with E-state index in [1.165, 1.54) is 6.07 Å². The summed E-state index contributed by atoms with van der Waals surface area (Å²) in [6.45, 7) is 0.698. The number of rotatable bonds is 4. The molecule has 4 N–H and O–H groups in total. The summed E-state index contributed by atoms with van der Waals surface area (Å²) in [5, 5.41) is 9.56. The smallest absolute Gasteiger partial charge is 0.369 e. The van der Waals surface area contributed by atoms with Crippen molar-refractivity contribution in [2.45, 2.75) is 42.2 Å². The third kappa shape index (κ3) is 5.87. The first-order valence-electron chi connectivity index (χ1n) is 13.7. The van der Waals surface area contributed by atoms with Gasteiger partial charge in [-0.1, -0.05) is 47.1 Å². The van der Waals surface area contributed by atoms with Gasteiger partial charge in [0.25, 0.3) is 0 Å². The molecule has 1 fully saturated rings. The highest BCUT2D eigenvalue weighted by molar-refractivity contribution is 7.86. The van der Waals surface area contributed by atoms with Gasteiger partial charge in [-0.15, -0.1) is 0 Å². The first-order chi connectivity index (χ1) is 20.2. The molecule has 0 saturated heterocycles. The molecule has 4 bridgehead atoms. The van der Waals surface area contributed by atoms with E-state index >= 15 is 0 Å². The van der Waals surface area contributed by atoms with Crippen molar-refractivity contribution in [2.75, 3.05) is 28.2 Å². The fraction of sp³-hybridized carbons (Fsp3) is 0.258. The average molecular weight is 591 g/mol. The number of fused-ring (bicyclic) bond motifs is 4. The summed E-state index contributed by atoms with van der Waals surface area (Å²) in [6, 6.07) is 20.1. The lowest BCUT2D eigenvalue weighted by Crippen LogP contribution is -2.28. The van der Waals surface area contributed by atoms with E-state index in [4.69, 9.17) is 9.76 Å². The number of nitrogens with zero attached hydrogens (tertiary/aromatic N) is 2. The second kappa shape index (κ2) is 11.2. The summed E-state index contributed by atoms with van der Waals surface area (Å²) < 4.78 is 48.2. The van der Waals surface area contributed by atoms with Gasteiger partial charge in [0, 0.05) is 40.3 Å². The van der Waals surface area contributed by atoms with Crippen molar-refractivity contribution in [3.63, 3.8) is 0 Å². The molecule has 6 rings (SSSR count). The first-order valence-corrected chi connectivity index (χ1v) is 15.1. The molecule has 7 nitrogen and oxygen atoms in total. The zero-order valence-corrected chi connectivity index (χ0v) is 23.4. The van der Waals surface area contributed by atoms with Gasteiger partial charge in [-0.25, -0.2) is 4.98 Å². The predicted molar refractivity (Wildman–Crippen MR) is 159 cm³/mol. The molecule has 216 valence electrons. The van der Waals surface area contributed by atoms with Crippen LogP contribution in [0.5, 0.6) is 0 Å². The Morgan fingerprint density at radius 2 is 1.79 bits per heavy atom. The molecule has 1 unspecified atom stereocenters. The highest BCUT2D eigenvalue weighted by Gasteiger charge is 2.51. The minimum atomic E-state index is -4.46.